The quantitative estimate of drug-likeness (QED) is 0.853. The van der Waals surface area contributed by atoms with Crippen molar-refractivity contribution in [3.8, 4) is 0 Å². The van der Waals surface area contributed by atoms with Crippen molar-refractivity contribution >= 4 is 21.4 Å². The minimum absolute atomic E-state index is 0.378. The second-order valence-electron chi connectivity index (χ2n) is 4.70. The molecule has 1 aromatic heterocycles. The van der Waals surface area contributed by atoms with Gasteiger partial charge in [-0.05, 0) is 36.8 Å². The van der Waals surface area contributed by atoms with Crippen molar-refractivity contribution in [1.82, 2.24) is 4.72 Å². The molecule has 3 N–H and O–H groups in total. The summed E-state index contributed by atoms with van der Waals surface area (Å²) < 4.78 is 27.1. The van der Waals surface area contributed by atoms with E-state index < -0.39 is 10.0 Å². The van der Waals surface area contributed by atoms with Gasteiger partial charge in [0.05, 0.1) is 0 Å². The molecule has 0 radical (unpaired) electrons. The van der Waals surface area contributed by atoms with Crippen LogP contribution < -0.4 is 10.5 Å². The number of rotatable bonds is 5. The standard InChI is InChI=1S/C11H18N2O2S2/c1-7-3-9(7)6-13-17(14,15)11-4-8(2)10(5-12)16-11/h4,7,9,13H,3,5-6,12H2,1-2H3. The molecule has 1 aromatic rings. The first-order valence-corrected chi connectivity index (χ1v) is 8.03. The summed E-state index contributed by atoms with van der Waals surface area (Å²) in [5, 5.41) is 0. The number of aryl methyl sites for hydroxylation is 1. The summed E-state index contributed by atoms with van der Waals surface area (Å²) in [6, 6.07) is 1.70. The van der Waals surface area contributed by atoms with Crippen molar-refractivity contribution in [1.29, 1.82) is 0 Å². The minimum Gasteiger partial charge on any atom is -0.326 e. The molecular formula is C11H18N2O2S2. The highest BCUT2D eigenvalue weighted by Crippen LogP contribution is 2.37. The molecule has 1 fully saturated rings. The third kappa shape index (κ3) is 2.88. The lowest BCUT2D eigenvalue weighted by molar-refractivity contribution is 0.576. The Kier molecular flexibility index (Phi) is 3.58. The van der Waals surface area contributed by atoms with Gasteiger partial charge in [-0.1, -0.05) is 6.92 Å². The lowest BCUT2D eigenvalue weighted by atomic mass is 10.3. The van der Waals surface area contributed by atoms with Crippen molar-refractivity contribution < 1.29 is 8.42 Å². The zero-order chi connectivity index (χ0) is 12.6. The zero-order valence-corrected chi connectivity index (χ0v) is 11.7. The van der Waals surface area contributed by atoms with Gasteiger partial charge in [-0.25, -0.2) is 13.1 Å². The van der Waals surface area contributed by atoms with E-state index in [9.17, 15) is 8.42 Å². The van der Waals surface area contributed by atoms with Crippen molar-refractivity contribution in [3.63, 3.8) is 0 Å². The molecule has 0 aliphatic heterocycles. The lowest BCUT2D eigenvalue weighted by Gasteiger charge is -2.03. The van der Waals surface area contributed by atoms with E-state index in [1.807, 2.05) is 6.92 Å². The molecule has 17 heavy (non-hydrogen) atoms. The molecule has 0 aromatic carbocycles. The Morgan fingerprint density at radius 3 is 2.71 bits per heavy atom. The maximum Gasteiger partial charge on any atom is 0.250 e. The van der Waals surface area contributed by atoms with E-state index in [2.05, 4.69) is 11.6 Å². The molecule has 1 heterocycles. The average molecular weight is 274 g/mol. The van der Waals surface area contributed by atoms with E-state index >= 15 is 0 Å². The van der Waals surface area contributed by atoms with Crippen LogP contribution in [-0.4, -0.2) is 15.0 Å². The summed E-state index contributed by atoms with van der Waals surface area (Å²) in [5.41, 5.74) is 6.51. The molecule has 0 bridgehead atoms. The Morgan fingerprint density at radius 1 is 1.59 bits per heavy atom. The predicted octanol–water partition coefficient (Wildman–Crippen LogP) is 1.45. The Hall–Kier alpha value is -0.430. The van der Waals surface area contributed by atoms with Crippen molar-refractivity contribution in [2.24, 2.45) is 17.6 Å². The van der Waals surface area contributed by atoms with Crippen LogP contribution in [0, 0.1) is 18.8 Å². The van der Waals surface area contributed by atoms with Gasteiger partial charge < -0.3 is 5.73 Å². The van der Waals surface area contributed by atoms with Crippen LogP contribution in [0.25, 0.3) is 0 Å². The van der Waals surface area contributed by atoms with Gasteiger partial charge in [0.1, 0.15) is 4.21 Å². The van der Waals surface area contributed by atoms with Crippen molar-refractivity contribution in [2.75, 3.05) is 6.54 Å². The molecule has 1 saturated carbocycles. The monoisotopic (exact) mass is 274 g/mol. The molecule has 96 valence electrons. The molecule has 4 nitrogen and oxygen atoms in total. The molecule has 1 aliphatic carbocycles. The second kappa shape index (κ2) is 4.68. The number of hydrogen-bond acceptors (Lipinski definition) is 4. The zero-order valence-electron chi connectivity index (χ0n) is 10.1. The SMILES string of the molecule is Cc1cc(S(=O)(=O)NCC2CC2C)sc1CN. The summed E-state index contributed by atoms with van der Waals surface area (Å²) in [6.07, 6.45) is 1.13. The Balaban J connectivity index is 2.08. The maximum atomic E-state index is 12.0. The van der Waals surface area contributed by atoms with Crippen molar-refractivity contribution in [2.45, 2.75) is 31.0 Å². The average Bonchev–Trinajstić information content (AvgIpc) is 2.83. The number of thiophene rings is 1. The first kappa shape index (κ1) is 13.0. The van der Waals surface area contributed by atoms with Gasteiger partial charge in [0.25, 0.3) is 0 Å². The Labute approximate surface area is 106 Å². The van der Waals surface area contributed by atoms with Gasteiger partial charge in [-0.2, -0.15) is 0 Å². The van der Waals surface area contributed by atoms with E-state index in [1.165, 1.54) is 11.3 Å². The van der Waals surface area contributed by atoms with Crippen molar-refractivity contribution in [3.05, 3.63) is 16.5 Å². The van der Waals surface area contributed by atoms with E-state index in [-0.39, 0.29) is 0 Å². The Morgan fingerprint density at radius 2 is 2.24 bits per heavy atom. The highest BCUT2D eigenvalue weighted by molar-refractivity contribution is 7.91. The summed E-state index contributed by atoms with van der Waals surface area (Å²) in [6.45, 7) is 4.98. The van der Waals surface area contributed by atoms with Crippen LogP contribution in [0.3, 0.4) is 0 Å². The smallest absolute Gasteiger partial charge is 0.250 e. The van der Waals surface area contributed by atoms with Crippen LogP contribution in [0.5, 0.6) is 0 Å². The third-order valence-electron chi connectivity index (χ3n) is 3.26. The number of nitrogens with one attached hydrogen (secondary N) is 1. The number of nitrogens with two attached hydrogens (primary N) is 1. The topological polar surface area (TPSA) is 72.2 Å². The molecule has 6 heteroatoms. The normalized spacial score (nSPS) is 23.9. The molecule has 0 spiro atoms. The largest absolute Gasteiger partial charge is 0.326 e. The molecule has 2 atom stereocenters. The highest BCUT2D eigenvalue weighted by atomic mass is 32.2. The van der Waals surface area contributed by atoms with Crippen LogP contribution in [0.15, 0.2) is 10.3 Å². The van der Waals surface area contributed by atoms with Gasteiger partial charge in [0.2, 0.25) is 10.0 Å². The maximum absolute atomic E-state index is 12.0. The highest BCUT2D eigenvalue weighted by Gasteiger charge is 2.33. The van der Waals surface area contributed by atoms with Gasteiger partial charge >= 0.3 is 0 Å². The van der Waals surface area contributed by atoms with Gasteiger partial charge in [-0.3, -0.25) is 0 Å². The van der Waals surface area contributed by atoms with Crippen LogP contribution in [0.1, 0.15) is 23.8 Å². The first-order chi connectivity index (χ1) is 7.94. The van der Waals surface area contributed by atoms with Gasteiger partial charge in [0.15, 0.2) is 0 Å². The van der Waals surface area contributed by atoms with Crippen LogP contribution in [0.4, 0.5) is 0 Å². The van der Waals surface area contributed by atoms with E-state index in [1.54, 1.807) is 6.07 Å². The van der Waals surface area contributed by atoms with Crippen LogP contribution in [-0.2, 0) is 16.6 Å². The first-order valence-electron chi connectivity index (χ1n) is 5.73. The summed E-state index contributed by atoms with van der Waals surface area (Å²) in [4.78, 5) is 0.935. The number of hydrogen-bond donors (Lipinski definition) is 2. The second-order valence-corrected chi connectivity index (χ2v) is 7.83. The molecule has 0 amide bonds. The summed E-state index contributed by atoms with van der Waals surface area (Å²) in [7, 11) is -3.34. The van der Waals surface area contributed by atoms with Crippen LogP contribution in [0.2, 0.25) is 0 Å². The minimum atomic E-state index is -3.34. The fraction of sp³-hybridized carbons (Fsp3) is 0.636. The predicted molar refractivity (Wildman–Crippen MR) is 69.4 cm³/mol. The van der Waals surface area contributed by atoms with Gasteiger partial charge in [-0.15, -0.1) is 11.3 Å². The van der Waals surface area contributed by atoms with Crippen LogP contribution >= 0.6 is 11.3 Å². The fourth-order valence-electron chi connectivity index (χ4n) is 1.80. The van der Waals surface area contributed by atoms with E-state index in [4.69, 9.17) is 5.73 Å². The molecule has 2 rings (SSSR count). The van der Waals surface area contributed by atoms with E-state index in [0.29, 0.717) is 29.1 Å². The molecule has 1 aliphatic rings. The molecular weight excluding hydrogens is 256 g/mol. The summed E-state index contributed by atoms with van der Waals surface area (Å²) in [5.74, 6) is 1.17. The van der Waals surface area contributed by atoms with Gasteiger partial charge in [0, 0.05) is 18.0 Å². The third-order valence-corrected chi connectivity index (χ3v) is 6.42. The molecule has 0 saturated heterocycles. The Bertz CT molecular complexity index is 508. The number of sulfonamides is 1. The molecule has 2 unspecified atom stereocenters. The fourth-order valence-corrected chi connectivity index (χ4v) is 4.40. The van der Waals surface area contributed by atoms with E-state index in [0.717, 1.165) is 16.9 Å². The lowest BCUT2D eigenvalue weighted by Crippen LogP contribution is -2.25. The summed E-state index contributed by atoms with van der Waals surface area (Å²) >= 11 is 1.26.